The first-order valence-corrected chi connectivity index (χ1v) is 8.01. The summed E-state index contributed by atoms with van der Waals surface area (Å²) in [4.78, 5) is 11.9. The molecule has 9 heteroatoms. The molecule has 0 saturated carbocycles. The van der Waals surface area contributed by atoms with Crippen LogP contribution < -0.4 is 15.4 Å². The van der Waals surface area contributed by atoms with Crippen molar-refractivity contribution in [3.05, 3.63) is 29.8 Å². The van der Waals surface area contributed by atoms with E-state index in [1.165, 1.54) is 31.4 Å². The number of benzene rings is 1. The van der Waals surface area contributed by atoms with Crippen LogP contribution in [0.15, 0.2) is 29.2 Å². The van der Waals surface area contributed by atoms with E-state index in [1.54, 1.807) is 7.05 Å². The second kappa shape index (κ2) is 10.5. The Kier molecular flexibility index (Phi) is 9.95. The molecule has 1 aromatic carbocycles. The van der Waals surface area contributed by atoms with Gasteiger partial charge in [-0.15, -0.1) is 12.4 Å². The van der Waals surface area contributed by atoms with Crippen molar-refractivity contribution in [2.24, 2.45) is 0 Å². The summed E-state index contributed by atoms with van der Waals surface area (Å²) < 4.78 is 31.0. The van der Waals surface area contributed by atoms with Gasteiger partial charge in [-0.1, -0.05) is 0 Å². The van der Waals surface area contributed by atoms with Gasteiger partial charge in [0.1, 0.15) is 0 Å². The van der Waals surface area contributed by atoms with Gasteiger partial charge in [0.2, 0.25) is 10.0 Å². The first-order chi connectivity index (χ1) is 10.0. The third kappa shape index (κ3) is 6.71. The zero-order chi connectivity index (χ0) is 15.7. The molecule has 0 bridgehead atoms. The third-order valence-corrected chi connectivity index (χ3v) is 4.16. The van der Waals surface area contributed by atoms with Gasteiger partial charge in [0.05, 0.1) is 11.5 Å². The van der Waals surface area contributed by atoms with Crippen molar-refractivity contribution < 1.29 is 17.9 Å². The zero-order valence-electron chi connectivity index (χ0n) is 12.6. The van der Waals surface area contributed by atoms with Crippen molar-refractivity contribution in [2.45, 2.75) is 4.90 Å². The highest BCUT2D eigenvalue weighted by Crippen LogP contribution is 2.10. The van der Waals surface area contributed by atoms with E-state index in [1.807, 2.05) is 0 Å². The summed E-state index contributed by atoms with van der Waals surface area (Å²) in [6.45, 7) is 1.67. The quantitative estimate of drug-likeness (QED) is 0.543. The predicted molar refractivity (Wildman–Crippen MR) is 87.0 cm³/mol. The highest BCUT2D eigenvalue weighted by Gasteiger charge is 2.14. The Bertz CT molecular complexity index is 549. The van der Waals surface area contributed by atoms with Gasteiger partial charge in [0.15, 0.2) is 0 Å². The van der Waals surface area contributed by atoms with Crippen molar-refractivity contribution in [1.82, 2.24) is 15.4 Å². The molecule has 0 unspecified atom stereocenters. The van der Waals surface area contributed by atoms with Crippen molar-refractivity contribution in [3.63, 3.8) is 0 Å². The summed E-state index contributed by atoms with van der Waals surface area (Å²) in [5.74, 6) is -0.235. The summed E-state index contributed by atoms with van der Waals surface area (Å²) in [7, 11) is -0.278. The SMILES string of the molecule is CNCCNC(=O)c1ccc(S(=O)(=O)NCCOC)cc1.Cl. The van der Waals surface area contributed by atoms with Crippen LogP contribution in [0.3, 0.4) is 0 Å². The van der Waals surface area contributed by atoms with E-state index in [0.717, 1.165) is 0 Å². The molecule has 22 heavy (non-hydrogen) atoms. The number of halogens is 1. The normalized spacial score (nSPS) is 10.8. The monoisotopic (exact) mass is 351 g/mol. The highest BCUT2D eigenvalue weighted by atomic mass is 35.5. The van der Waals surface area contributed by atoms with E-state index in [4.69, 9.17) is 4.74 Å². The van der Waals surface area contributed by atoms with Gasteiger partial charge in [-0.25, -0.2) is 13.1 Å². The minimum atomic E-state index is -3.57. The van der Waals surface area contributed by atoms with Gasteiger partial charge in [-0.3, -0.25) is 4.79 Å². The van der Waals surface area contributed by atoms with Gasteiger partial charge in [-0.05, 0) is 31.3 Å². The number of carbonyl (C=O) groups excluding carboxylic acids is 1. The van der Waals surface area contributed by atoms with Crippen LogP contribution in [0.1, 0.15) is 10.4 Å². The molecule has 126 valence electrons. The maximum absolute atomic E-state index is 11.9. The Morgan fingerprint density at radius 3 is 2.32 bits per heavy atom. The zero-order valence-corrected chi connectivity index (χ0v) is 14.2. The molecule has 0 aliphatic heterocycles. The van der Waals surface area contributed by atoms with Crippen molar-refractivity contribution in [2.75, 3.05) is 40.4 Å². The molecule has 1 amide bonds. The number of hydrogen-bond donors (Lipinski definition) is 3. The second-order valence-corrected chi connectivity index (χ2v) is 6.04. The summed E-state index contributed by atoms with van der Waals surface area (Å²) in [5, 5.41) is 5.63. The lowest BCUT2D eigenvalue weighted by Gasteiger charge is -2.08. The number of methoxy groups -OCH3 is 1. The van der Waals surface area contributed by atoms with Crippen LogP contribution in [0.5, 0.6) is 0 Å². The topological polar surface area (TPSA) is 96.5 Å². The Balaban J connectivity index is 0.00000441. The van der Waals surface area contributed by atoms with Crippen LogP contribution in [0.2, 0.25) is 0 Å². The van der Waals surface area contributed by atoms with E-state index in [9.17, 15) is 13.2 Å². The molecule has 0 radical (unpaired) electrons. The molecule has 0 aliphatic carbocycles. The van der Waals surface area contributed by atoms with Crippen molar-refractivity contribution >= 4 is 28.3 Å². The molecule has 0 spiro atoms. The van der Waals surface area contributed by atoms with Crippen LogP contribution in [0, 0.1) is 0 Å². The molecule has 0 saturated heterocycles. The first kappa shape index (κ1) is 20.8. The Hall–Kier alpha value is -1.19. The number of hydrogen-bond acceptors (Lipinski definition) is 5. The van der Waals surface area contributed by atoms with E-state index >= 15 is 0 Å². The number of amides is 1. The van der Waals surface area contributed by atoms with E-state index in [0.29, 0.717) is 25.3 Å². The maximum atomic E-state index is 11.9. The summed E-state index contributed by atoms with van der Waals surface area (Å²) in [6, 6.07) is 5.78. The minimum Gasteiger partial charge on any atom is -0.383 e. The molecule has 0 heterocycles. The van der Waals surface area contributed by atoms with Crippen LogP contribution in [0.4, 0.5) is 0 Å². The molecule has 3 N–H and O–H groups in total. The van der Waals surface area contributed by atoms with E-state index < -0.39 is 10.0 Å². The van der Waals surface area contributed by atoms with Gasteiger partial charge < -0.3 is 15.4 Å². The third-order valence-electron chi connectivity index (χ3n) is 2.69. The number of likely N-dealkylation sites (N-methyl/N-ethyl adjacent to an activating group) is 1. The lowest BCUT2D eigenvalue weighted by Crippen LogP contribution is -2.30. The van der Waals surface area contributed by atoms with Crippen LogP contribution >= 0.6 is 12.4 Å². The fraction of sp³-hybridized carbons (Fsp3) is 0.462. The number of ether oxygens (including phenoxy) is 1. The minimum absolute atomic E-state index is 0. The molecular weight excluding hydrogens is 330 g/mol. The Morgan fingerprint density at radius 1 is 1.14 bits per heavy atom. The number of carbonyl (C=O) groups is 1. The van der Waals surface area contributed by atoms with Gasteiger partial charge in [0, 0.05) is 32.3 Å². The second-order valence-electron chi connectivity index (χ2n) is 4.27. The molecule has 7 nitrogen and oxygen atoms in total. The molecule has 0 fully saturated rings. The molecule has 0 atom stereocenters. The number of rotatable bonds is 9. The van der Waals surface area contributed by atoms with Gasteiger partial charge in [0.25, 0.3) is 5.91 Å². The average Bonchev–Trinajstić information content (AvgIpc) is 2.47. The molecular formula is C13H22ClN3O4S. The molecule has 0 aromatic heterocycles. The standard InChI is InChI=1S/C13H21N3O4S.ClH/c1-14-7-8-15-13(17)11-3-5-12(6-4-11)21(18,19)16-9-10-20-2;/h3-6,14,16H,7-10H2,1-2H3,(H,15,17);1H. The van der Waals surface area contributed by atoms with E-state index in [2.05, 4.69) is 15.4 Å². The number of sulfonamides is 1. The Morgan fingerprint density at radius 2 is 1.77 bits per heavy atom. The summed E-state index contributed by atoms with van der Waals surface area (Å²) in [5.41, 5.74) is 0.418. The van der Waals surface area contributed by atoms with Crippen LogP contribution in [0.25, 0.3) is 0 Å². The highest BCUT2D eigenvalue weighted by molar-refractivity contribution is 7.89. The lowest BCUT2D eigenvalue weighted by atomic mass is 10.2. The van der Waals surface area contributed by atoms with Crippen LogP contribution in [-0.2, 0) is 14.8 Å². The fourth-order valence-electron chi connectivity index (χ4n) is 1.55. The average molecular weight is 352 g/mol. The molecule has 0 aliphatic rings. The van der Waals surface area contributed by atoms with Crippen LogP contribution in [-0.4, -0.2) is 54.7 Å². The summed E-state index contributed by atoms with van der Waals surface area (Å²) in [6.07, 6.45) is 0. The van der Waals surface area contributed by atoms with E-state index in [-0.39, 0.29) is 29.8 Å². The smallest absolute Gasteiger partial charge is 0.251 e. The lowest BCUT2D eigenvalue weighted by molar-refractivity contribution is 0.0954. The fourth-order valence-corrected chi connectivity index (χ4v) is 2.56. The van der Waals surface area contributed by atoms with Gasteiger partial charge >= 0.3 is 0 Å². The first-order valence-electron chi connectivity index (χ1n) is 6.52. The maximum Gasteiger partial charge on any atom is 0.251 e. The van der Waals surface area contributed by atoms with Gasteiger partial charge in [-0.2, -0.15) is 0 Å². The van der Waals surface area contributed by atoms with Crippen molar-refractivity contribution in [1.29, 1.82) is 0 Å². The molecule has 1 rings (SSSR count). The molecule has 1 aromatic rings. The predicted octanol–water partition coefficient (Wildman–Crippen LogP) is -0.0177. The van der Waals surface area contributed by atoms with Crippen molar-refractivity contribution in [3.8, 4) is 0 Å². The largest absolute Gasteiger partial charge is 0.383 e. The Labute approximate surface area is 137 Å². The number of nitrogens with one attached hydrogen (secondary N) is 3. The summed E-state index contributed by atoms with van der Waals surface area (Å²) >= 11 is 0.